The van der Waals surface area contributed by atoms with Crippen molar-refractivity contribution in [3.63, 3.8) is 0 Å². The van der Waals surface area contributed by atoms with Crippen LogP contribution in [0.3, 0.4) is 0 Å². The van der Waals surface area contributed by atoms with Gasteiger partial charge < -0.3 is 9.30 Å². The molecule has 1 aromatic carbocycles. The SMILES string of the molecule is CCC1(Cn2c(CCCl)nc3c(OC)cccc32)CC1. The minimum absolute atomic E-state index is 0.484. The second kappa shape index (κ2) is 5.28. The number of halogens is 1. The Bertz CT molecular complexity index is 616. The molecule has 0 saturated heterocycles. The van der Waals surface area contributed by atoms with Crippen molar-refractivity contribution >= 4 is 22.6 Å². The van der Waals surface area contributed by atoms with Crippen LogP contribution in [0.2, 0.25) is 0 Å². The molecule has 1 aliphatic carbocycles. The van der Waals surface area contributed by atoms with E-state index in [-0.39, 0.29) is 0 Å². The summed E-state index contributed by atoms with van der Waals surface area (Å²) in [6.07, 6.45) is 4.69. The molecular formula is C16H21ClN2O. The summed E-state index contributed by atoms with van der Waals surface area (Å²) in [6, 6.07) is 6.14. The lowest BCUT2D eigenvalue weighted by atomic mass is 10.0. The van der Waals surface area contributed by atoms with Gasteiger partial charge in [0.15, 0.2) is 0 Å². The molecule has 0 radical (unpaired) electrons. The molecule has 0 aliphatic heterocycles. The molecule has 2 aromatic rings. The molecule has 20 heavy (non-hydrogen) atoms. The molecule has 1 aliphatic rings. The van der Waals surface area contributed by atoms with E-state index in [0.717, 1.165) is 30.1 Å². The maximum absolute atomic E-state index is 5.95. The van der Waals surface area contributed by atoms with Gasteiger partial charge in [-0.1, -0.05) is 13.0 Å². The molecule has 0 N–H and O–H groups in total. The summed E-state index contributed by atoms with van der Waals surface area (Å²) in [6.45, 7) is 3.34. The number of ether oxygens (including phenoxy) is 1. The molecule has 1 saturated carbocycles. The van der Waals surface area contributed by atoms with Gasteiger partial charge in [-0.15, -0.1) is 11.6 Å². The van der Waals surface area contributed by atoms with E-state index in [1.807, 2.05) is 12.1 Å². The van der Waals surface area contributed by atoms with Crippen LogP contribution in [0.1, 0.15) is 32.0 Å². The van der Waals surface area contributed by atoms with Gasteiger partial charge in [0.05, 0.1) is 12.6 Å². The fourth-order valence-corrected chi connectivity index (χ4v) is 3.09. The van der Waals surface area contributed by atoms with Crippen LogP contribution in [0.15, 0.2) is 18.2 Å². The van der Waals surface area contributed by atoms with Crippen molar-refractivity contribution in [3.05, 3.63) is 24.0 Å². The van der Waals surface area contributed by atoms with E-state index in [1.165, 1.54) is 24.8 Å². The van der Waals surface area contributed by atoms with E-state index in [9.17, 15) is 0 Å². The third kappa shape index (κ3) is 2.28. The van der Waals surface area contributed by atoms with E-state index >= 15 is 0 Å². The minimum atomic E-state index is 0.484. The number of imidazole rings is 1. The Morgan fingerprint density at radius 3 is 2.80 bits per heavy atom. The summed E-state index contributed by atoms with van der Waals surface area (Å²) < 4.78 is 7.80. The summed E-state index contributed by atoms with van der Waals surface area (Å²) in [4.78, 5) is 4.77. The molecule has 1 heterocycles. The predicted molar refractivity (Wildman–Crippen MR) is 82.7 cm³/mol. The number of hydrogen-bond donors (Lipinski definition) is 0. The molecular weight excluding hydrogens is 272 g/mol. The monoisotopic (exact) mass is 292 g/mol. The summed E-state index contributed by atoms with van der Waals surface area (Å²) >= 11 is 5.95. The Morgan fingerprint density at radius 1 is 1.40 bits per heavy atom. The number of hydrogen-bond acceptors (Lipinski definition) is 2. The quantitative estimate of drug-likeness (QED) is 0.752. The lowest BCUT2D eigenvalue weighted by Gasteiger charge is -2.16. The van der Waals surface area contributed by atoms with Gasteiger partial charge in [-0.05, 0) is 36.8 Å². The Morgan fingerprint density at radius 2 is 2.20 bits per heavy atom. The van der Waals surface area contributed by atoms with Gasteiger partial charge in [-0.3, -0.25) is 0 Å². The predicted octanol–water partition coefficient (Wildman–Crippen LogP) is 4.02. The molecule has 0 atom stereocenters. The normalized spacial score (nSPS) is 16.6. The zero-order valence-electron chi connectivity index (χ0n) is 12.2. The van der Waals surface area contributed by atoms with Crippen molar-refractivity contribution in [2.75, 3.05) is 13.0 Å². The number of aromatic nitrogens is 2. The number of benzene rings is 1. The molecule has 0 spiro atoms. The average Bonchev–Trinajstić information content (AvgIpc) is 3.17. The van der Waals surface area contributed by atoms with E-state index in [0.29, 0.717) is 11.3 Å². The van der Waals surface area contributed by atoms with Gasteiger partial charge in [-0.2, -0.15) is 0 Å². The van der Waals surface area contributed by atoms with Crippen molar-refractivity contribution in [3.8, 4) is 5.75 Å². The first-order valence-electron chi connectivity index (χ1n) is 7.31. The van der Waals surface area contributed by atoms with Crippen LogP contribution in [0.5, 0.6) is 5.75 Å². The fraction of sp³-hybridized carbons (Fsp3) is 0.562. The number of fused-ring (bicyclic) bond motifs is 1. The third-order valence-corrected chi connectivity index (χ3v) is 4.75. The van der Waals surface area contributed by atoms with Crippen molar-refractivity contribution in [1.82, 2.24) is 9.55 Å². The van der Waals surface area contributed by atoms with Crippen molar-refractivity contribution < 1.29 is 4.74 Å². The smallest absolute Gasteiger partial charge is 0.146 e. The second-order valence-electron chi connectivity index (χ2n) is 5.73. The highest BCUT2D eigenvalue weighted by Gasteiger charge is 2.41. The number of methoxy groups -OCH3 is 1. The van der Waals surface area contributed by atoms with E-state index in [1.54, 1.807) is 7.11 Å². The number of alkyl halides is 1. The van der Waals surface area contributed by atoms with Crippen LogP contribution in [0, 0.1) is 5.41 Å². The molecule has 1 aromatic heterocycles. The highest BCUT2D eigenvalue weighted by molar-refractivity contribution is 6.17. The maximum Gasteiger partial charge on any atom is 0.146 e. The van der Waals surface area contributed by atoms with Gasteiger partial charge in [0.2, 0.25) is 0 Å². The van der Waals surface area contributed by atoms with Crippen LogP contribution >= 0.6 is 11.6 Å². The molecule has 0 amide bonds. The first-order valence-corrected chi connectivity index (χ1v) is 7.84. The van der Waals surface area contributed by atoms with Gasteiger partial charge in [-0.25, -0.2) is 4.98 Å². The first-order chi connectivity index (χ1) is 9.73. The molecule has 0 bridgehead atoms. The van der Waals surface area contributed by atoms with E-state index in [4.69, 9.17) is 21.3 Å². The van der Waals surface area contributed by atoms with Crippen LogP contribution in [0.25, 0.3) is 11.0 Å². The largest absolute Gasteiger partial charge is 0.494 e. The van der Waals surface area contributed by atoms with Gasteiger partial charge in [0, 0.05) is 18.8 Å². The van der Waals surface area contributed by atoms with Crippen LogP contribution in [-0.4, -0.2) is 22.5 Å². The number of para-hydroxylation sites is 1. The molecule has 0 unspecified atom stereocenters. The standard InChI is InChI=1S/C16H21ClN2O/c1-3-16(8-9-16)11-19-12-5-4-6-13(20-2)15(12)18-14(19)7-10-17/h4-6H,3,7-11H2,1-2H3. The molecule has 1 fully saturated rings. The highest BCUT2D eigenvalue weighted by atomic mass is 35.5. The maximum atomic E-state index is 5.95. The van der Waals surface area contributed by atoms with Crippen LogP contribution in [-0.2, 0) is 13.0 Å². The zero-order valence-corrected chi connectivity index (χ0v) is 12.9. The van der Waals surface area contributed by atoms with Gasteiger partial charge in [0.1, 0.15) is 17.1 Å². The summed E-state index contributed by atoms with van der Waals surface area (Å²) in [5, 5.41) is 0. The molecule has 3 nitrogen and oxygen atoms in total. The third-order valence-electron chi connectivity index (χ3n) is 4.56. The minimum Gasteiger partial charge on any atom is -0.494 e. The summed E-state index contributed by atoms with van der Waals surface area (Å²) in [5.74, 6) is 2.53. The molecule has 3 rings (SSSR count). The molecule has 4 heteroatoms. The topological polar surface area (TPSA) is 27.1 Å². The number of aryl methyl sites for hydroxylation is 1. The lowest BCUT2D eigenvalue weighted by Crippen LogP contribution is -2.13. The van der Waals surface area contributed by atoms with Gasteiger partial charge >= 0.3 is 0 Å². The van der Waals surface area contributed by atoms with Crippen LogP contribution < -0.4 is 4.74 Å². The highest BCUT2D eigenvalue weighted by Crippen LogP contribution is 2.50. The van der Waals surface area contributed by atoms with E-state index in [2.05, 4.69) is 17.6 Å². The number of rotatable bonds is 6. The van der Waals surface area contributed by atoms with Crippen LogP contribution in [0.4, 0.5) is 0 Å². The summed E-state index contributed by atoms with van der Waals surface area (Å²) in [5.41, 5.74) is 2.61. The summed E-state index contributed by atoms with van der Waals surface area (Å²) in [7, 11) is 1.70. The Labute approximate surface area is 124 Å². The Kier molecular flexibility index (Phi) is 3.63. The van der Waals surface area contributed by atoms with Crippen molar-refractivity contribution in [1.29, 1.82) is 0 Å². The van der Waals surface area contributed by atoms with Crippen molar-refractivity contribution in [2.45, 2.75) is 39.2 Å². The Balaban J connectivity index is 2.09. The first kappa shape index (κ1) is 13.7. The zero-order chi connectivity index (χ0) is 14.2. The van der Waals surface area contributed by atoms with Gasteiger partial charge in [0.25, 0.3) is 0 Å². The lowest BCUT2D eigenvalue weighted by molar-refractivity contribution is 0.408. The number of nitrogens with zero attached hydrogens (tertiary/aromatic N) is 2. The second-order valence-corrected chi connectivity index (χ2v) is 6.11. The fourth-order valence-electron chi connectivity index (χ4n) is 2.92. The molecule has 108 valence electrons. The van der Waals surface area contributed by atoms with E-state index < -0.39 is 0 Å². The average molecular weight is 293 g/mol. The van der Waals surface area contributed by atoms with Crippen molar-refractivity contribution in [2.24, 2.45) is 5.41 Å². The Hall–Kier alpha value is -1.22.